The van der Waals surface area contributed by atoms with Crippen LogP contribution in [0.3, 0.4) is 0 Å². The molecule has 1 fully saturated rings. The highest BCUT2D eigenvalue weighted by Gasteiger charge is 2.15. The standard InChI is InChI=1S/C20H31N5O/c1-3-19-16(15-25(2)24-19)14-22-20(23-17-8-5-4-6-9-17)21-12-11-18-10-7-13-26-18/h7,10,13,15,17H,3-6,8-9,11-12,14H2,1-2H3,(H2,21,22,23). The highest BCUT2D eigenvalue weighted by Crippen LogP contribution is 2.17. The highest BCUT2D eigenvalue weighted by molar-refractivity contribution is 5.80. The van der Waals surface area contributed by atoms with E-state index in [1.165, 1.54) is 37.7 Å². The number of hydrogen-bond donors (Lipinski definition) is 2. The number of hydrogen-bond acceptors (Lipinski definition) is 3. The van der Waals surface area contributed by atoms with E-state index < -0.39 is 0 Å². The average molecular weight is 358 g/mol. The van der Waals surface area contributed by atoms with E-state index in [4.69, 9.17) is 9.41 Å². The summed E-state index contributed by atoms with van der Waals surface area (Å²) < 4.78 is 7.29. The van der Waals surface area contributed by atoms with Gasteiger partial charge in [-0.2, -0.15) is 5.10 Å². The molecule has 1 aliphatic rings. The monoisotopic (exact) mass is 357 g/mol. The van der Waals surface area contributed by atoms with Gasteiger partial charge in [-0.25, -0.2) is 4.99 Å². The number of rotatable bonds is 7. The van der Waals surface area contributed by atoms with Gasteiger partial charge in [0.05, 0.1) is 18.5 Å². The second kappa shape index (κ2) is 9.46. The Kier molecular flexibility index (Phi) is 6.75. The third-order valence-corrected chi connectivity index (χ3v) is 4.92. The maximum Gasteiger partial charge on any atom is 0.191 e. The van der Waals surface area contributed by atoms with Gasteiger partial charge in [0.1, 0.15) is 5.76 Å². The number of aliphatic imine (C=N–C) groups is 1. The van der Waals surface area contributed by atoms with Crippen LogP contribution >= 0.6 is 0 Å². The van der Waals surface area contributed by atoms with E-state index in [0.29, 0.717) is 12.6 Å². The Morgan fingerprint density at radius 3 is 2.92 bits per heavy atom. The Hall–Kier alpha value is -2.24. The molecule has 26 heavy (non-hydrogen) atoms. The van der Waals surface area contributed by atoms with Crippen LogP contribution in [0.2, 0.25) is 0 Å². The van der Waals surface area contributed by atoms with Crippen molar-refractivity contribution in [1.29, 1.82) is 0 Å². The van der Waals surface area contributed by atoms with Crippen molar-refractivity contribution in [3.63, 3.8) is 0 Å². The molecule has 6 heteroatoms. The number of furan rings is 1. The van der Waals surface area contributed by atoms with Crippen LogP contribution in [0.15, 0.2) is 34.0 Å². The Labute approximate surface area is 156 Å². The molecule has 0 spiro atoms. The van der Waals surface area contributed by atoms with Gasteiger partial charge in [0.25, 0.3) is 0 Å². The van der Waals surface area contributed by atoms with Crippen LogP contribution in [-0.2, 0) is 26.4 Å². The number of aromatic nitrogens is 2. The number of nitrogens with zero attached hydrogens (tertiary/aromatic N) is 3. The molecule has 2 N–H and O–H groups in total. The maximum atomic E-state index is 5.42. The fourth-order valence-corrected chi connectivity index (χ4v) is 3.53. The molecule has 6 nitrogen and oxygen atoms in total. The van der Waals surface area contributed by atoms with E-state index in [9.17, 15) is 0 Å². The molecular formula is C20H31N5O. The molecule has 0 bridgehead atoms. The van der Waals surface area contributed by atoms with E-state index in [1.54, 1.807) is 6.26 Å². The Morgan fingerprint density at radius 2 is 2.19 bits per heavy atom. The summed E-state index contributed by atoms with van der Waals surface area (Å²) in [5.41, 5.74) is 2.33. The van der Waals surface area contributed by atoms with E-state index in [-0.39, 0.29) is 0 Å². The third kappa shape index (κ3) is 5.38. The zero-order chi connectivity index (χ0) is 18.2. The van der Waals surface area contributed by atoms with Crippen LogP contribution in [-0.4, -0.2) is 28.3 Å². The van der Waals surface area contributed by atoms with Crippen molar-refractivity contribution >= 4 is 5.96 Å². The first-order valence-electron chi connectivity index (χ1n) is 9.83. The second-order valence-corrected chi connectivity index (χ2v) is 7.03. The van der Waals surface area contributed by atoms with Gasteiger partial charge >= 0.3 is 0 Å². The summed E-state index contributed by atoms with van der Waals surface area (Å²) in [5, 5.41) is 11.6. The van der Waals surface area contributed by atoms with Crippen LogP contribution in [0.1, 0.15) is 56.0 Å². The summed E-state index contributed by atoms with van der Waals surface area (Å²) in [7, 11) is 1.97. The molecule has 0 amide bonds. The quantitative estimate of drug-likeness (QED) is 0.590. The van der Waals surface area contributed by atoms with Gasteiger partial charge in [0.15, 0.2) is 5.96 Å². The first kappa shape index (κ1) is 18.5. The SMILES string of the molecule is CCc1nn(C)cc1CN=C(NCCc1ccco1)NC1CCCCC1. The van der Waals surface area contributed by atoms with Crippen molar-refractivity contribution in [2.24, 2.45) is 12.0 Å². The predicted octanol–water partition coefficient (Wildman–Crippen LogP) is 3.19. The predicted molar refractivity (Wildman–Crippen MR) is 104 cm³/mol. The van der Waals surface area contributed by atoms with E-state index in [0.717, 1.165) is 36.8 Å². The molecule has 2 heterocycles. The van der Waals surface area contributed by atoms with Gasteiger partial charge in [-0.15, -0.1) is 0 Å². The molecule has 0 atom stereocenters. The molecular weight excluding hydrogens is 326 g/mol. The van der Waals surface area contributed by atoms with Crippen LogP contribution in [0.25, 0.3) is 0 Å². The minimum Gasteiger partial charge on any atom is -0.469 e. The van der Waals surface area contributed by atoms with Gasteiger partial charge in [0, 0.05) is 37.8 Å². The molecule has 3 rings (SSSR count). The van der Waals surface area contributed by atoms with Crippen molar-refractivity contribution < 1.29 is 4.42 Å². The van der Waals surface area contributed by atoms with Crippen molar-refractivity contribution in [2.75, 3.05) is 6.54 Å². The lowest BCUT2D eigenvalue weighted by Crippen LogP contribution is -2.44. The van der Waals surface area contributed by atoms with Crippen LogP contribution in [0.4, 0.5) is 0 Å². The van der Waals surface area contributed by atoms with Crippen LogP contribution < -0.4 is 10.6 Å². The summed E-state index contributed by atoms with van der Waals surface area (Å²) in [6.45, 7) is 3.60. The summed E-state index contributed by atoms with van der Waals surface area (Å²) in [5.74, 6) is 1.89. The zero-order valence-corrected chi connectivity index (χ0v) is 16.0. The minimum atomic E-state index is 0.526. The third-order valence-electron chi connectivity index (χ3n) is 4.92. The largest absolute Gasteiger partial charge is 0.469 e. The summed E-state index contributed by atoms with van der Waals surface area (Å²) in [6, 6.07) is 4.47. The van der Waals surface area contributed by atoms with E-state index in [2.05, 4.69) is 28.9 Å². The number of nitrogens with one attached hydrogen (secondary N) is 2. The molecule has 0 saturated heterocycles. The average Bonchev–Trinajstić information content (AvgIpc) is 3.29. The fraction of sp³-hybridized carbons (Fsp3) is 0.600. The second-order valence-electron chi connectivity index (χ2n) is 7.03. The smallest absolute Gasteiger partial charge is 0.191 e. The van der Waals surface area contributed by atoms with Crippen molar-refractivity contribution in [3.05, 3.63) is 41.6 Å². The molecule has 0 unspecified atom stereocenters. The minimum absolute atomic E-state index is 0.526. The van der Waals surface area contributed by atoms with Gasteiger partial charge in [-0.05, 0) is 31.4 Å². The topological polar surface area (TPSA) is 67.4 Å². The summed E-state index contributed by atoms with van der Waals surface area (Å²) in [4.78, 5) is 4.84. The first-order chi connectivity index (χ1) is 12.7. The van der Waals surface area contributed by atoms with Crippen molar-refractivity contribution in [3.8, 4) is 0 Å². The molecule has 2 aromatic rings. The fourth-order valence-electron chi connectivity index (χ4n) is 3.53. The van der Waals surface area contributed by atoms with E-state index in [1.807, 2.05) is 23.9 Å². The van der Waals surface area contributed by atoms with Crippen molar-refractivity contribution in [1.82, 2.24) is 20.4 Å². The molecule has 0 aliphatic heterocycles. The lowest BCUT2D eigenvalue weighted by molar-refractivity contribution is 0.409. The lowest BCUT2D eigenvalue weighted by atomic mass is 9.96. The number of guanidine groups is 1. The maximum absolute atomic E-state index is 5.42. The molecule has 0 aromatic carbocycles. The van der Waals surface area contributed by atoms with Gasteiger partial charge in [-0.1, -0.05) is 26.2 Å². The Morgan fingerprint density at radius 1 is 1.35 bits per heavy atom. The summed E-state index contributed by atoms with van der Waals surface area (Å²) >= 11 is 0. The molecule has 142 valence electrons. The van der Waals surface area contributed by atoms with Gasteiger partial charge in [0.2, 0.25) is 0 Å². The highest BCUT2D eigenvalue weighted by atomic mass is 16.3. The Bertz CT molecular complexity index is 683. The first-order valence-corrected chi connectivity index (χ1v) is 9.83. The zero-order valence-electron chi connectivity index (χ0n) is 16.0. The van der Waals surface area contributed by atoms with Crippen molar-refractivity contribution in [2.45, 2.75) is 64.5 Å². The summed E-state index contributed by atoms with van der Waals surface area (Å²) in [6.07, 6.45) is 12.0. The molecule has 1 aliphatic carbocycles. The molecule has 1 saturated carbocycles. The lowest BCUT2D eigenvalue weighted by Gasteiger charge is -2.25. The van der Waals surface area contributed by atoms with Gasteiger partial charge < -0.3 is 15.1 Å². The van der Waals surface area contributed by atoms with E-state index >= 15 is 0 Å². The molecule has 2 aromatic heterocycles. The van der Waals surface area contributed by atoms with Gasteiger partial charge in [-0.3, -0.25) is 4.68 Å². The normalized spacial score (nSPS) is 16.0. The number of aryl methyl sites for hydroxylation is 2. The van der Waals surface area contributed by atoms with Crippen LogP contribution in [0, 0.1) is 0 Å². The Balaban J connectivity index is 1.61. The molecule has 0 radical (unpaired) electrons. The van der Waals surface area contributed by atoms with Crippen LogP contribution in [0.5, 0.6) is 0 Å².